The van der Waals surface area contributed by atoms with Crippen LogP contribution in [0.15, 0.2) is 36.9 Å². The number of nitrogens with one attached hydrogen (secondary N) is 1. The van der Waals surface area contributed by atoms with Gasteiger partial charge in [0.1, 0.15) is 11.9 Å². The molecular formula is C16H19FN2O2. The van der Waals surface area contributed by atoms with E-state index in [4.69, 9.17) is 0 Å². The fourth-order valence-electron chi connectivity index (χ4n) is 2.63. The van der Waals surface area contributed by atoms with Gasteiger partial charge in [0.05, 0.1) is 6.04 Å². The van der Waals surface area contributed by atoms with E-state index in [2.05, 4.69) is 11.9 Å². The minimum absolute atomic E-state index is 0.174. The largest absolute Gasteiger partial charge is 0.341 e. The highest BCUT2D eigenvalue weighted by Crippen LogP contribution is 2.26. The first-order chi connectivity index (χ1) is 10.0. The number of hydrogen-bond acceptors (Lipinski definition) is 2. The van der Waals surface area contributed by atoms with E-state index in [0.717, 1.165) is 12.5 Å². The summed E-state index contributed by atoms with van der Waals surface area (Å²) in [5.74, 6) is -0.865. The monoisotopic (exact) mass is 290 g/mol. The number of amides is 2. The van der Waals surface area contributed by atoms with Crippen LogP contribution in [0.25, 0.3) is 0 Å². The lowest BCUT2D eigenvalue weighted by atomic mass is 9.99. The predicted molar refractivity (Wildman–Crippen MR) is 77.9 cm³/mol. The molecule has 1 saturated heterocycles. The summed E-state index contributed by atoms with van der Waals surface area (Å²) in [5, 5.41) is 2.63. The average molecular weight is 290 g/mol. The SMILES string of the molecule is C=CC(=O)NC1CCCN(C(C)c2ccccc2F)C1=O. The third-order valence-corrected chi connectivity index (χ3v) is 3.80. The molecule has 1 aromatic carbocycles. The molecule has 4 nitrogen and oxygen atoms in total. The van der Waals surface area contributed by atoms with Gasteiger partial charge in [-0.1, -0.05) is 24.8 Å². The average Bonchev–Trinajstić information content (AvgIpc) is 2.49. The van der Waals surface area contributed by atoms with Gasteiger partial charge in [0.2, 0.25) is 11.8 Å². The van der Waals surface area contributed by atoms with E-state index < -0.39 is 6.04 Å². The molecule has 1 aliphatic heterocycles. The van der Waals surface area contributed by atoms with Crippen LogP contribution in [-0.4, -0.2) is 29.3 Å². The first kappa shape index (κ1) is 15.2. The minimum atomic E-state index is -0.557. The van der Waals surface area contributed by atoms with Crippen LogP contribution in [0.4, 0.5) is 4.39 Å². The molecule has 0 saturated carbocycles. The van der Waals surface area contributed by atoms with Gasteiger partial charge in [-0.3, -0.25) is 9.59 Å². The highest BCUT2D eigenvalue weighted by Gasteiger charge is 2.33. The Morgan fingerprint density at radius 2 is 2.24 bits per heavy atom. The molecule has 1 aliphatic rings. The zero-order valence-corrected chi connectivity index (χ0v) is 12.0. The molecule has 0 aliphatic carbocycles. The van der Waals surface area contributed by atoms with Crippen molar-refractivity contribution in [3.05, 3.63) is 48.3 Å². The first-order valence-corrected chi connectivity index (χ1v) is 7.02. The normalized spacial score (nSPS) is 20.0. The molecule has 0 spiro atoms. The summed E-state index contributed by atoms with van der Waals surface area (Å²) in [4.78, 5) is 25.4. The van der Waals surface area contributed by atoms with Gasteiger partial charge in [-0.2, -0.15) is 0 Å². The van der Waals surface area contributed by atoms with E-state index in [1.807, 2.05) is 0 Å². The number of benzene rings is 1. The summed E-state index contributed by atoms with van der Waals surface area (Å²) >= 11 is 0. The Morgan fingerprint density at radius 1 is 1.52 bits per heavy atom. The van der Waals surface area contributed by atoms with Crippen molar-refractivity contribution in [3.63, 3.8) is 0 Å². The van der Waals surface area contributed by atoms with Crippen molar-refractivity contribution in [3.8, 4) is 0 Å². The number of piperidine rings is 1. The second-order valence-corrected chi connectivity index (χ2v) is 5.14. The van der Waals surface area contributed by atoms with Crippen molar-refractivity contribution in [1.29, 1.82) is 0 Å². The van der Waals surface area contributed by atoms with Crippen molar-refractivity contribution in [2.24, 2.45) is 0 Å². The zero-order chi connectivity index (χ0) is 15.4. The summed E-state index contributed by atoms with van der Waals surface area (Å²) in [7, 11) is 0. The smallest absolute Gasteiger partial charge is 0.245 e. The molecule has 1 aromatic rings. The van der Waals surface area contributed by atoms with Crippen molar-refractivity contribution < 1.29 is 14.0 Å². The van der Waals surface area contributed by atoms with E-state index in [9.17, 15) is 14.0 Å². The van der Waals surface area contributed by atoms with Gasteiger partial charge >= 0.3 is 0 Å². The third kappa shape index (κ3) is 3.29. The number of nitrogens with zero attached hydrogens (tertiary/aromatic N) is 1. The van der Waals surface area contributed by atoms with Crippen molar-refractivity contribution in [2.75, 3.05) is 6.54 Å². The van der Waals surface area contributed by atoms with Gasteiger partial charge in [-0.05, 0) is 31.9 Å². The van der Waals surface area contributed by atoms with Gasteiger partial charge < -0.3 is 10.2 Å². The van der Waals surface area contributed by atoms with Crippen LogP contribution in [0, 0.1) is 5.82 Å². The summed E-state index contributed by atoms with van der Waals surface area (Å²) in [6.45, 7) is 5.74. The Bertz CT molecular complexity index is 559. The third-order valence-electron chi connectivity index (χ3n) is 3.80. The molecule has 0 bridgehead atoms. The lowest BCUT2D eigenvalue weighted by Crippen LogP contribution is -2.52. The highest BCUT2D eigenvalue weighted by atomic mass is 19.1. The van der Waals surface area contributed by atoms with E-state index in [1.54, 1.807) is 30.0 Å². The fraction of sp³-hybridized carbons (Fsp3) is 0.375. The van der Waals surface area contributed by atoms with Gasteiger partial charge in [-0.25, -0.2) is 4.39 Å². The van der Waals surface area contributed by atoms with Gasteiger partial charge in [-0.15, -0.1) is 0 Å². The van der Waals surface area contributed by atoms with E-state index in [0.29, 0.717) is 18.5 Å². The highest BCUT2D eigenvalue weighted by molar-refractivity contribution is 5.92. The molecule has 2 amide bonds. The molecule has 1 fully saturated rings. The molecule has 5 heteroatoms. The van der Waals surface area contributed by atoms with Crippen LogP contribution < -0.4 is 5.32 Å². The molecular weight excluding hydrogens is 271 g/mol. The Balaban J connectivity index is 2.15. The number of hydrogen-bond donors (Lipinski definition) is 1. The standard InChI is InChI=1S/C16H19FN2O2/c1-3-15(20)18-14-9-6-10-19(16(14)21)11(2)12-7-4-5-8-13(12)17/h3-5,7-8,11,14H,1,6,9-10H2,2H3,(H,18,20). The lowest BCUT2D eigenvalue weighted by Gasteiger charge is -2.37. The summed E-state index contributed by atoms with van der Waals surface area (Å²) < 4.78 is 13.9. The fourth-order valence-corrected chi connectivity index (χ4v) is 2.63. The molecule has 1 N–H and O–H groups in total. The van der Waals surface area contributed by atoms with Crippen LogP contribution >= 0.6 is 0 Å². The van der Waals surface area contributed by atoms with Crippen LogP contribution in [-0.2, 0) is 9.59 Å². The number of carbonyl (C=O) groups excluding carboxylic acids is 2. The molecule has 2 atom stereocenters. The van der Waals surface area contributed by atoms with Crippen molar-refractivity contribution in [2.45, 2.75) is 31.8 Å². The van der Waals surface area contributed by atoms with E-state index >= 15 is 0 Å². The molecule has 0 aromatic heterocycles. The molecule has 2 unspecified atom stereocenters. The predicted octanol–water partition coefficient (Wildman–Crippen LogP) is 2.18. The number of halogens is 1. The number of carbonyl (C=O) groups is 2. The molecule has 0 radical (unpaired) electrons. The maximum atomic E-state index is 13.9. The van der Waals surface area contributed by atoms with Crippen LogP contribution in [0.3, 0.4) is 0 Å². The topological polar surface area (TPSA) is 49.4 Å². The Morgan fingerprint density at radius 3 is 2.90 bits per heavy atom. The summed E-state index contributed by atoms with van der Waals surface area (Å²) in [5.41, 5.74) is 0.488. The maximum absolute atomic E-state index is 13.9. The van der Waals surface area contributed by atoms with E-state index in [-0.39, 0.29) is 23.7 Å². The Kier molecular flexibility index (Phi) is 4.73. The molecule has 1 heterocycles. The van der Waals surface area contributed by atoms with Crippen LogP contribution in [0.5, 0.6) is 0 Å². The zero-order valence-electron chi connectivity index (χ0n) is 12.0. The quantitative estimate of drug-likeness (QED) is 0.864. The minimum Gasteiger partial charge on any atom is -0.341 e. The Labute approximate surface area is 123 Å². The Hall–Kier alpha value is -2.17. The second-order valence-electron chi connectivity index (χ2n) is 5.14. The van der Waals surface area contributed by atoms with Crippen molar-refractivity contribution >= 4 is 11.8 Å². The van der Waals surface area contributed by atoms with E-state index in [1.165, 1.54) is 6.07 Å². The molecule has 21 heavy (non-hydrogen) atoms. The molecule has 112 valence electrons. The maximum Gasteiger partial charge on any atom is 0.245 e. The van der Waals surface area contributed by atoms with Crippen molar-refractivity contribution in [1.82, 2.24) is 10.2 Å². The first-order valence-electron chi connectivity index (χ1n) is 7.02. The summed E-state index contributed by atoms with van der Waals surface area (Å²) in [6.07, 6.45) is 2.51. The van der Waals surface area contributed by atoms with Gasteiger partial charge in [0.25, 0.3) is 0 Å². The summed E-state index contributed by atoms with van der Waals surface area (Å²) in [6, 6.07) is 5.52. The van der Waals surface area contributed by atoms with Crippen LogP contribution in [0.2, 0.25) is 0 Å². The lowest BCUT2D eigenvalue weighted by molar-refractivity contribution is -0.140. The van der Waals surface area contributed by atoms with Gasteiger partial charge in [0.15, 0.2) is 0 Å². The second kappa shape index (κ2) is 6.52. The number of likely N-dealkylation sites (tertiary alicyclic amines) is 1. The van der Waals surface area contributed by atoms with Crippen LogP contribution in [0.1, 0.15) is 31.4 Å². The number of rotatable bonds is 4. The van der Waals surface area contributed by atoms with Gasteiger partial charge in [0, 0.05) is 12.1 Å². The molecule has 2 rings (SSSR count).